The Hall–Kier alpha value is -3.01. The number of halogens is 1. The molecule has 2 aliphatic rings. The van der Waals surface area contributed by atoms with Gasteiger partial charge in [0.25, 0.3) is 0 Å². The van der Waals surface area contributed by atoms with Gasteiger partial charge in [0.2, 0.25) is 0 Å². The van der Waals surface area contributed by atoms with Crippen molar-refractivity contribution in [2.75, 3.05) is 44.6 Å². The van der Waals surface area contributed by atoms with Gasteiger partial charge in [-0.1, -0.05) is 0 Å². The smallest absolute Gasteiger partial charge is 0.182 e. The molecule has 0 saturated carbocycles. The fraction of sp³-hybridized carbons (Fsp3) is 0.423. The van der Waals surface area contributed by atoms with Gasteiger partial charge >= 0.3 is 0 Å². The van der Waals surface area contributed by atoms with Crippen LogP contribution in [0.5, 0.6) is 11.5 Å². The molecule has 1 spiro atoms. The first-order valence-corrected chi connectivity index (χ1v) is 13.0. The molecule has 3 aromatic rings. The highest BCUT2D eigenvalue weighted by molar-refractivity contribution is 7.98. The van der Waals surface area contributed by atoms with Crippen LogP contribution in [-0.4, -0.2) is 64.9 Å². The van der Waals surface area contributed by atoms with Gasteiger partial charge in [-0.15, -0.1) is 0 Å². The Kier molecular flexibility index (Phi) is 7.73. The number of rotatable bonds is 8. The van der Waals surface area contributed by atoms with Gasteiger partial charge in [0.05, 0.1) is 41.2 Å². The number of hydrogen-bond donors (Lipinski definition) is 3. The van der Waals surface area contributed by atoms with E-state index < -0.39 is 5.82 Å². The molecule has 3 N–H and O–H groups in total. The molecule has 37 heavy (non-hydrogen) atoms. The van der Waals surface area contributed by atoms with Crippen LogP contribution in [0, 0.1) is 17.1 Å². The van der Waals surface area contributed by atoms with Crippen molar-refractivity contribution < 1.29 is 19.0 Å². The summed E-state index contributed by atoms with van der Waals surface area (Å²) in [6.07, 6.45) is 4.73. The summed E-state index contributed by atoms with van der Waals surface area (Å²) in [6.45, 7) is 2.97. The molecule has 1 atom stereocenters. The number of nitrogens with zero attached hydrogens (tertiary/aromatic N) is 4. The lowest BCUT2D eigenvalue weighted by atomic mass is 9.85. The molecule has 9 nitrogen and oxygen atoms in total. The molecule has 194 valence electrons. The first-order valence-electron chi connectivity index (χ1n) is 12.3. The maximum Gasteiger partial charge on any atom is 0.182 e. The van der Waals surface area contributed by atoms with Gasteiger partial charge in [-0.2, -0.15) is 5.26 Å². The molecule has 2 fully saturated rings. The predicted octanol–water partition coefficient (Wildman–Crippen LogP) is 3.96. The fourth-order valence-electron chi connectivity index (χ4n) is 4.82. The lowest BCUT2D eigenvalue weighted by Gasteiger charge is -2.32. The van der Waals surface area contributed by atoms with Crippen LogP contribution in [0.4, 0.5) is 10.1 Å². The van der Waals surface area contributed by atoms with E-state index in [4.69, 9.17) is 19.6 Å². The summed E-state index contributed by atoms with van der Waals surface area (Å²) in [4.78, 5) is 9.43. The van der Waals surface area contributed by atoms with E-state index in [-0.39, 0.29) is 29.4 Å². The van der Waals surface area contributed by atoms with Crippen molar-refractivity contribution in [3.8, 4) is 17.6 Å². The average molecular weight is 525 g/mol. The number of piperidine rings is 1. The van der Waals surface area contributed by atoms with E-state index >= 15 is 0 Å². The van der Waals surface area contributed by atoms with E-state index in [0.29, 0.717) is 35.6 Å². The van der Waals surface area contributed by atoms with Crippen molar-refractivity contribution in [3.63, 3.8) is 0 Å². The number of anilines is 1. The quantitative estimate of drug-likeness (QED) is 0.374. The standard InChI is InChI=1S/C26H29FN6O3S/c1-33(10-11-34)37-32-21-5-3-20(27)25(19(21)14-28)36-18-2-4-22-23(12-18)31-24(15-30-22)17-13-26(35-16-17)6-8-29-9-7-26/h2-5,12,15,17,29,32,34H,6-11,13,16H2,1H3. The van der Waals surface area contributed by atoms with Crippen LogP contribution >= 0.6 is 12.1 Å². The zero-order valence-electron chi connectivity index (χ0n) is 20.5. The molecule has 0 aliphatic carbocycles. The first-order chi connectivity index (χ1) is 18.0. The molecule has 1 aromatic heterocycles. The van der Waals surface area contributed by atoms with Crippen molar-refractivity contribution in [1.29, 1.82) is 5.26 Å². The molecule has 2 aromatic carbocycles. The second kappa shape index (κ2) is 11.2. The molecule has 5 rings (SSSR count). The number of nitriles is 1. The highest BCUT2D eigenvalue weighted by Crippen LogP contribution is 2.41. The Labute approximate surface area is 219 Å². The van der Waals surface area contributed by atoms with Gasteiger partial charge in [0.1, 0.15) is 17.4 Å². The minimum Gasteiger partial charge on any atom is -0.453 e. The Morgan fingerprint density at radius 1 is 1.32 bits per heavy atom. The second-order valence-electron chi connectivity index (χ2n) is 9.37. The maximum atomic E-state index is 14.8. The molecule has 11 heteroatoms. The minimum atomic E-state index is -0.647. The highest BCUT2D eigenvalue weighted by atomic mass is 32.2. The number of aliphatic hydroxyl groups is 1. The molecule has 2 saturated heterocycles. The van der Waals surface area contributed by atoms with Gasteiger partial charge in [-0.05, 0) is 63.7 Å². The summed E-state index contributed by atoms with van der Waals surface area (Å²) in [7, 11) is 1.79. The van der Waals surface area contributed by atoms with Crippen LogP contribution < -0.4 is 14.8 Å². The van der Waals surface area contributed by atoms with Crippen molar-refractivity contribution >= 4 is 28.9 Å². The molecular weight excluding hydrogens is 495 g/mol. The summed E-state index contributed by atoms with van der Waals surface area (Å²) in [6, 6.07) is 9.94. The van der Waals surface area contributed by atoms with Crippen molar-refractivity contribution in [2.24, 2.45) is 0 Å². The average Bonchev–Trinajstić information content (AvgIpc) is 3.32. The SMILES string of the molecule is CN(CCO)SNc1ccc(F)c(Oc2ccc3ncc(C4COC5(CCNCC5)C4)nc3c2)c1C#N. The highest BCUT2D eigenvalue weighted by Gasteiger charge is 2.42. The Balaban J connectivity index is 1.37. The van der Waals surface area contributed by atoms with E-state index in [9.17, 15) is 9.65 Å². The van der Waals surface area contributed by atoms with E-state index in [2.05, 4.69) is 15.0 Å². The number of aromatic nitrogens is 2. The third-order valence-corrected chi connectivity index (χ3v) is 7.65. The molecule has 0 radical (unpaired) electrons. The number of nitrogens with one attached hydrogen (secondary N) is 2. The summed E-state index contributed by atoms with van der Waals surface area (Å²) in [5, 5.41) is 22.2. The monoisotopic (exact) mass is 524 g/mol. The van der Waals surface area contributed by atoms with Crippen molar-refractivity contribution in [1.82, 2.24) is 19.6 Å². The number of fused-ring (bicyclic) bond motifs is 1. The summed E-state index contributed by atoms with van der Waals surface area (Å²) < 4.78 is 31.7. The number of benzene rings is 2. The molecule has 2 aliphatic heterocycles. The van der Waals surface area contributed by atoms with Crippen molar-refractivity contribution in [3.05, 3.63) is 53.6 Å². The van der Waals surface area contributed by atoms with Gasteiger partial charge in [-0.3, -0.25) is 4.98 Å². The second-order valence-corrected chi connectivity index (χ2v) is 10.4. The van der Waals surface area contributed by atoms with Gasteiger partial charge < -0.3 is 24.6 Å². The molecule has 0 bridgehead atoms. The Morgan fingerprint density at radius 2 is 2.16 bits per heavy atom. The summed E-state index contributed by atoms with van der Waals surface area (Å²) >= 11 is 1.19. The van der Waals surface area contributed by atoms with Crippen LogP contribution in [0.2, 0.25) is 0 Å². The van der Waals surface area contributed by atoms with E-state index in [1.807, 2.05) is 12.3 Å². The van der Waals surface area contributed by atoms with Crippen molar-refractivity contribution in [2.45, 2.75) is 30.8 Å². The van der Waals surface area contributed by atoms with Crippen LogP contribution in [0.25, 0.3) is 11.0 Å². The van der Waals surface area contributed by atoms with Gasteiger partial charge in [-0.25, -0.2) is 13.7 Å². The van der Waals surface area contributed by atoms with E-state index in [1.54, 1.807) is 29.6 Å². The minimum absolute atomic E-state index is 0.00718. The zero-order chi connectivity index (χ0) is 25.8. The van der Waals surface area contributed by atoms with Gasteiger partial charge in [0, 0.05) is 36.9 Å². The molecule has 0 amide bonds. The van der Waals surface area contributed by atoms with E-state index in [0.717, 1.165) is 38.0 Å². The Morgan fingerprint density at radius 3 is 2.95 bits per heavy atom. The van der Waals surface area contributed by atoms with Crippen LogP contribution in [0.15, 0.2) is 36.5 Å². The normalized spacial score (nSPS) is 18.8. The van der Waals surface area contributed by atoms with Gasteiger partial charge in [0.15, 0.2) is 11.6 Å². The summed E-state index contributed by atoms with van der Waals surface area (Å²) in [5.41, 5.74) is 2.58. The largest absolute Gasteiger partial charge is 0.453 e. The fourth-order valence-corrected chi connectivity index (χ4v) is 5.41. The number of hydrogen-bond acceptors (Lipinski definition) is 10. The summed E-state index contributed by atoms with van der Waals surface area (Å²) in [5.74, 6) is -0.287. The predicted molar refractivity (Wildman–Crippen MR) is 140 cm³/mol. The molecule has 3 heterocycles. The molecule has 1 unspecified atom stereocenters. The number of aliphatic hydroxyl groups excluding tert-OH is 1. The number of ether oxygens (including phenoxy) is 2. The number of likely N-dealkylation sites (N-methyl/N-ethyl adjacent to an activating group) is 1. The first kappa shape index (κ1) is 25.6. The maximum absolute atomic E-state index is 14.8. The Bertz CT molecular complexity index is 1310. The lowest BCUT2D eigenvalue weighted by molar-refractivity contribution is -0.0193. The van der Waals surface area contributed by atoms with E-state index in [1.165, 1.54) is 24.3 Å². The third-order valence-electron chi connectivity index (χ3n) is 6.84. The van der Waals surface area contributed by atoms with Crippen LogP contribution in [0.1, 0.15) is 36.4 Å². The zero-order valence-corrected chi connectivity index (χ0v) is 21.4. The van der Waals surface area contributed by atoms with Crippen LogP contribution in [-0.2, 0) is 4.74 Å². The topological polar surface area (TPSA) is 116 Å². The lowest BCUT2D eigenvalue weighted by Crippen LogP contribution is -2.41. The molecular formula is C26H29FN6O3S. The van der Waals surface area contributed by atoms with Crippen LogP contribution in [0.3, 0.4) is 0 Å². The third kappa shape index (κ3) is 5.63.